The molecule has 1 amide bonds. The van der Waals surface area contributed by atoms with Crippen LogP contribution in [0.4, 0.5) is 10.1 Å². The van der Waals surface area contributed by atoms with E-state index < -0.39 is 12.0 Å². The average Bonchev–Trinajstić information content (AvgIpc) is 2.71. The lowest BCUT2D eigenvalue weighted by atomic mass is 10.0. The predicted molar refractivity (Wildman–Crippen MR) is 94.2 cm³/mol. The summed E-state index contributed by atoms with van der Waals surface area (Å²) in [5.41, 5.74) is 1.94. The molecule has 0 radical (unpaired) electrons. The van der Waals surface area contributed by atoms with E-state index >= 15 is 0 Å². The molecule has 0 spiro atoms. The summed E-state index contributed by atoms with van der Waals surface area (Å²) in [6.07, 6.45) is -0.865. The fourth-order valence-corrected chi connectivity index (χ4v) is 3.57. The first-order valence-electron chi connectivity index (χ1n) is 8.10. The van der Waals surface area contributed by atoms with Gasteiger partial charge in [-0.15, -0.1) is 0 Å². The van der Waals surface area contributed by atoms with E-state index in [0.717, 1.165) is 0 Å². The van der Waals surface area contributed by atoms with Crippen molar-refractivity contribution in [2.45, 2.75) is 12.3 Å². The summed E-state index contributed by atoms with van der Waals surface area (Å²) in [5, 5.41) is 16.9. The van der Waals surface area contributed by atoms with Gasteiger partial charge in [-0.25, -0.2) is 4.39 Å². The van der Waals surface area contributed by atoms with E-state index in [-0.39, 0.29) is 11.9 Å². The van der Waals surface area contributed by atoms with Crippen LogP contribution in [0.25, 0.3) is 11.1 Å². The first-order valence-corrected chi connectivity index (χ1v) is 8.48. The van der Waals surface area contributed by atoms with E-state index in [4.69, 9.17) is 11.6 Å². The van der Waals surface area contributed by atoms with Gasteiger partial charge in [0.05, 0.1) is 11.6 Å². The topological polar surface area (TPSA) is 64.6 Å². The number of carbonyl (C=O) groups excluding carboxylic acids is 1. The van der Waals surface area contributed by atoms with E-state index in [1.54, 1.807) is 35.2 Å². The van der Waals surface area contributed by atoms with Gasteiger partial charge in [0, 0.05) is 35.9 Å². The number of piperazine rings is 1. The van der Waals surface area contributed by atoms with Gasteiger partial charge >= 0.3 is 0 Å². The van der Waals surface area contributed by atoms with Crippen LogP contribution in [-0.4, -0.2) is 47.8 Å². The summed E-state index contributed by atoms with van der Waals surface area (Å²) < 4.78 is 14.2. The van der Waals surface area contributed by atoms with Gasteiger partial charge in [-0.2, -0.15) is 0 Å². The van der Waals surface area contributed by atoms with Gasteiger partial charge in [0.25, 0.3) is 5.91 Å². The number of hydrogen-bond donors (Lipinski definition) is 3. The van der Waals surface area contributed by atoms with Crippen molar-refractivity contribution in [3.05, 3.63) is 52.8 Å². The van der Waals surface area contributed by atoms with E-state index in [9.17, 15) is 14.3 Å². The van der Waals surface area contributed by atoms with Gasteiger partial charge in [0.1, 0.15) is 12.0 Å². The number of nitrogens with zero attached hydrogens (tertiary/aromatic N) is 1. The lowest BCUT2D eigenvalue weighted by Crippen LogP contribution is -2.58. The summed E-state index contributed by atoms with van der Waals surface area (Å²) in [4.78, 5) is 14.6. The molecule has 0 saturated carbocycles. The molecule has 2 aliphatic heterocycles. The molecule has 4 rings (SSSR count). The van der Waals surface area contributed by atoms with Crippen molar-refractivity contribution in [2.24, 2.45) is 0 Å². The van der Waals surface area contributed by atoms with E-state index in [1.165, 1.54) is 6.07 Å². The van der Waals surface area contributed by atoms with Gasteiger partial charge < -0.3 is 20.6 Å². The third kappa shape index (κ3) is 2.86. The molecule has 2 atom stereocenters. The second-order valence-corrected chi connectivity index (χ2v) is 6.68. The Morgan fingerprint density at radius 3 is 2.84 bits per heavy atom. The van der Waals surface area contributed by atoms with E-state index in [2.05, 4.69) is 10.6 Å². The zero-order valence-electron chi connectivity index (χ0n) is 13.3. The first kappa shape index (κ1) is 16.3. The van der Waals surface area contributed by atoms with E-state index in [1.807, 2.05) is 0 Å². The predicted octanol–water partition coefficient (Wildman–Crippen LogP) is 2.30. The van der Waals surface area contributed by atoms with Crippen LogP contribution in [0.2, 0.25) is 5.02 Å². The number of halogens is 2. The van der Waals surface area contributed by atoms with Crippen molar-refractivity contribution in [2.75, 3.05) is 25.0 Å². The molecule has 0 bridgehead atoms. The highest BCUT2D eigenvalue weighted by Crippen LogP contribution is 2.32. The lowest BCUT2D eigenvalue weighted by Gasteiger charge is -2.36. The van der Waals surface area contributed by atoms with Crippen LogP contribution >= 0.6 is 11.6 Å². The molecule has 0 aromatic heterocycles. The fourth-order valence-electron chi connectivity index (χ4n) is 3.41. The molecule has 1 unspecified atom stereocenters. The summed E-state index contributed by atoms with van der Waals surface area (Å²) in [7, 11) is 0. The van der Waals surface area contributed by atoms with Gasteiger partial charge in [0.2, 0.25) is 0 Å². The Morgan fingerprint density at radius 2 is 2.04 bits per heavy atom. The summed E-state index contributed by atoms with van der Waals surface area (Å²) in [6, 6.07) is 9.20. The summed E-state index contributed by atoms with van der Waals surface area (Å²) in [5.74, 6) is -0.608. The van der Waals surface area contributed by atoms with Crippen molar-refractivity contribution in [1.29, 1.82) is 0 Å². The molecule has 2 aromatic carbocycles. The number of benzene rings is 2. The molecule has 3 N–H and O–H groups in total. The van der Waals surface area contributed by atoms with Gasteiger partial charge in [-0.3, -0.25) is 4.79 Å². The molecule has 25 heavy (non-hydrogen) atoms. The SMILES string of the molecule is O=C1c2cc(-c3ccc(Cl)cc3F)ccc2NC(O)[C@H]2CNCCN12. The quantitative estimate of drug-likeness (QED) is 0.729. The number of hydrogen-bond acceptors (Lipinski definition) is 4. The Labute approximate surface area is 149 Å². The number of anilines is 1. The number of amides is 1. The van der Waals surface area contributed by atoms with Crippen molar-refractivity contribution in [3.8, 4) is 11.1 Å². The van der Waals surface area contributed by atoms with Crippen molar-refractivity contribution in [1.82, 2.24) is 10.2 Å². The zero-order chi connectivity index (χ0) is 17.6. The molecule has 0 aliphatic carbocycles. The normalized spacial score (nSPS) is 22.7. The van der Waals surface area contributed by atoms with Crippen LogP contribution in [0.5, 0.6) is 0 Å². The molecular weight excluding hydrogens is 345 g/mol. The number of rotatable bonds is 1. The smallest absolute Gasteiger partial charge is 0.256 e. The van der Waals surface area contributed by atoms with E-state index in [0.29, 0.717) is 47.0 Å². The highest BCUT2D eigenvalue weighted by atomic mass is 35.5. The number of nitrogens with one attached hydrogen (secondary N) is 2. The molecular formula is C18H17ClFN3O2. The standard InChI is InChI=1S/C18H17ClFN3O2/c19-11-2-3-12(14(20)8-11)10-1-4-15-13(7-10)18(25)23-6-5-21-9-16(23)17(24)22-15/h1-4,7-8,16-17,21-22,24H,5-6,9H2/t16-,17?/m1/s1. The summed E-state index contributed by atoms with van der Waals surface area (Å²) in [6.45, 7) is 1.71. The van der Waals surface area contributed by atoms with Crippen LogP contribution in [0.15, 0.2) is 36.4 Å². The zero-order valence-corrected chi connectivity index (χ0v) is 14.1. The maximum atomic E-state index is 14.2. The Kier molecular flexibility index (Phi) is 4.11. The number of fused-ring (bicyclic) bond motifs is 2. The third-order valence-electron chi connectivity index (χ3n) is 4.70. The minimum atomic E-state index is -0.865. The van der Waals surface area contributed by atoms with Crippen molar-refractivity contribution >= 4 is 23.2 Å². The molecule has 1 fully saturated rings. The second-order valence-electron chi connectivity index (χ2n) is 6.24. The van der Waals surface area contributed by atoms with Crippen LogP contribution < -0.4 is 10.6 Å². The highest BCUT2D eigenvalue weighted by Gasteiger charge is 2.36. The van der Waals surface area contributed by atoms with Crippen molar-refractivity contribution < 1.29 is 14.3 Å². The Bertz CT molecular complexity index is 845. The van der Waals surface area contributed by atoms with Gasteiger partial charge in [-0.1, -0.05) is 17.7 Å². The van der Waals surface area contributed by atoms with Crippen LogP contribution in [-0.2, 0) is 0 Å². The molecule has 2 heterocycles. The Balaban J connectivity index is 1.78. The molecule has 1 saturated heterocycles. The summed E-state index contributed by atoms with van der Waals surface area (Å²) >= 11 is 5.81. The van der Waals surface area contributed by atoms with Gasteiger partial charge in [0.15, 0.2) is 0 Å². The lowest BCUT2D eigenvalue weighted by molar-refractivity contribution is 0.0383. The molecule has 130 valence electrons. The van der Waals surface area contributed by atoms with Crippen LogP contribution in [0.3, 0.4) is 0 Å². The number of aliphatic hydroxyl groups is 1. The monoisotopic (exact) mass is 361 g/mol. The van der Waals surface area contributed by atoms with Crippen LogP contribution in [0.1, 0.15) is 10.4 Å². The van der Waals surface area contributed by atoms with Crippen molar-refractivity contribution in [3.63, 3.8) is 0 Å². The largest absolute Gasteiger partial charge is 0.372 e. The van der Waals surface area contributed by atoms with Gasteiger partial charge in [-0.05, 0) is 35.9 Å². The molecule has 7 heteroatoms. The van der Waals surface area contributed by atoms with Crippen LogP contribution in [0, 0.1) is 5.82 Å². The highest BCUT2D eigenvalue weighted by molar-refractivity contribution is 6.30. The molecule has 2 aromatic rings. The minimum Gasteiger partial charge on any atom is -0.372 e. The Hall–Kier alpha value is -2.15. The molecule has 2 aliphatic rings. The third-order valence-corrected chi connectivity index (χ3v) is 4.94. The first-order chi connectivity index (χ1) is 12.0. The maximum absolute atomic E-state index is 14.2. The Morgan fingerprint density at radius 1 is 1.20 bits per heavy atom. The number of aliphatic hydroxyl groups excluding tert-OH is 1. The minimum absolute atomic E-state index is 0.165. The number of carbonyl (C=O) groups is 1. The fraction of sp³-hybridized carbons (Fsp3) is 0.278. The average molecular weight is 362 g/mol. The second kappa shape index (κ2) is 6.29. The maximum Gasteiger partial charge on any atom is 0.256 e. The molecule has 5 nitrogen and oxygen atoms in total.